The minimum atomic E-state index is -0.433. The maximum atomic E-state index is 12.4. The van der Waals surface area contributed by atoms with Gasteiger partial charge in [-0.1, -0.05) is 11.6 Å². The molecule has 2 heterocycles. The number of hydrogen-bond acceptors (Lipinski definition) is 5. The van der Waals surface area contributed by atoms with Crippen LogP contribution in [0.1, 0.15) is 23.5 Å². The van der Waals surface area contributed by atoms with Crippen LogP contribution in [0.4, 0.5) is 0 Å². The molecule has 3 aromatic rings. The van der Waals surface area contributed by atoms with Crippen molar-refractivity contribution in [2.75, 3.05) is 5.43 Å². The zero-order valence-electron chi connectivity index (χ0n) is 14.2. The number of rotatable bonds is 4. The van der Waals surface area contributed by atoms with Crippen molar-refractivity contribution in [3.63, 3.8) is 0 Å². The van der Waals surface area contributed by atoms with Crippen molar-refractivity contribution in [3.8, 4) is 0 Å². The lowest BCUT2D eigenvalue weighted by Gasteiger charge is -2.09. The second-order valence-electron chi connectivity index (χ2n) is 5.83. The number of amides is 1. The molecule has 0 unspecified atom stereocenters. The quantitative estimate of drug-likeness (QED) is 0.719. The predicted molar refractivity (Wildman–Crippen MR) is 98.0 cm³/mol. The number of H-pyrrole nitrogens is 1. The average Bonchev–Trinajstić information content (AvgIpc) is 2.57. The van der Waals surface area contributed by atoms with Crippen molar-refractivity contribution in [1.29, 1.82) is 0 Å². The number of aryl methyl sites for hydroxylation is 2. The van der Waals surface area contributed by atoms with Gasteiger partial charge in [-0.15, -0.1) is 0 Å². The molecule has 2 aromatic heterocycles. The lowest BCUT2D eigenvalue weighted by atomic mass is 10.1. The fraction of sp³-hybridized carbons (Fsp3) is 0.235. The Kier molecular flexibility index (Phi) is 4.85. The first-order chi connectivity index (χ1) is 12.3. The van der Waals surface area contributed by atoms with Crippen LogP contribution < -0.4 is 16.5 Å². The standard InChI is InChI=1S/C17H16ClN5O3/c1-9-12(16(25)21-10(2)20-9)4-6-15(24)22-23-8-19-14-5-3-11(18)7-13(14)17(23)26/h3,5,7-8H,4,6H2,1-2H3,(H,22,24)(H,20,21,25). The van der Waals surface area contributed by atoms with Crippen molar-refractivity contribution in [3.05, 3.63) is 67.3 Å². The van der Waals surface area contributed by atoms with E-state index in [1.54, 1.807) is 26.0 Å². The van der Waals surface area contributed by atoms with E-state index in [2.05, 4.69) is 20.4 Å². The number of hydrogen-bond donors (Lipinski definition) is 2. The van der Waals surface area contributed by atoms with E-state index in [0.717, 1.165) is 4.68 Å². The summed E-state index contributed by atoms with van der Waals surface area (Å²) in [6.45, 7) is 3.41. The molecule has 0 fully saturated rings. The van der Waals surface area contributed by atoms with Gasteiger partial charge in [0.2, 0.25) is 5.91 Å². The first kappa shape index (κ1) is 17.8. The molecule has 9 heteroatoms. The number of fused-ring (bicyclic) bond motifs is 1. The third-order valence-corrected chi connectivity index (χ3v) is 4.14. The number of nitrogens with one attached hydrogen (secondary N) is 2. The van der Waals surface area contributed by atoms with E-state index in [-0.39, 0.29) is 18.4 Å². The number of benzene rings is 1. The zero-order valence-corrected chi connectivity index (χ0v) is 14.9. The van der Waals surface area contributed by atoms with Crippen molar-refractivity contribution < 1.29 is 4.79 Å². The lowest BCUT2D eigenvalue weighted by Crippen LogP contribution is -2.33. The predicted octanol–water partition coefficient (Wildman–Crippen LogP) is 1.45. The molecule has 0 atom stereocenters. The molecule has 0 aliphatic carbocycles. The van der Waals surface area contributed by atoms with Gasteiger partial charge in [-0.2, -0.15) is 0 Å². The van der Waals surface area contributed by atoms with Crippen LogP contribution in [0.25, 0.3) is 10.9 Å². The molecular formula is C17H16ClN5O3. The van der Waals surface area contributed by atoms with Gasteiger partial charge in [-0.3, -0.25) is 19.8 Å². The van der Waals surface area contributed by atoms with Crippen LogP contribution in [-0.2, 0) is 11.2 Å². The van der Waals surface area contributed by atoms with Crippen molar-refractivity contribution >= 4 is 28.4 Å². The smallest absolute Gasteiger partial charge is 0.280 e. The van der Waals surface area contributed by atoms with Crippen LogP contribution in [0.2, 0.25) is 5.02 Å². The second kappa shape index (κ2) is 7.09. The van der Waals surface area contributed by atoms with E-state index < -0.39 is 11.5 Å². The maximum Gasteiger partial charge on any atom is 0.280 e. The monoisotopic (exact) mass is 373 g/mol. The SMILES string of the molecule is Cc1nc(C)c(CCC(=O)Nn2cnc3ccc(Cl)cc3c2=O)c(=O)[nH]1. The van der Waals surface area contributed by atoms with Crippen LogP contribution in [0.5, 0.6) is 0 Å². The van der Waals surface area contributed by atoms with E-state index in [9.17, 15) is 14.4 Å². The molecule has 0 saturated heterocycles. The number of aromatic amines is 1. The summed E-state index contributed by atoms with van der Waals surface area (Å²) in [6, 6.07) is 4.76. The highest BCUT2D eigenvalue weighted by molar-refractivity contribution is 6.31. The lowest BCUT2D eigenvalue weighted by molar-refractivity contribution is -0.117. The van der Waals surface area contributed by atoms with Gasteiger partial charge in [0.05, 0.1) is 10.9 Å². The van der Waals surface area contributed by atoms with Gasteiger partial charge >= 0.3 is 0 Å². The fourth-order valence-electron chi connectivity index (χ4n) is 2.65. The second-order valence-corrected chi connectivity index (χ2v) is 6.27. The largest absolute Gasteiger partial charge is 0.311 e. The van der Waals surface area contributed by atoms with E-state index >= 15 is 0 Å². The first-order valence-electron chi connectivity index (χ1n) is 7.88. The fourth-order valence-corrected chi connectivity index (χ4v) is 2.82. The maximum absolute atomic E-state index is 12.4. The molecule has 26 heavy (non-hydrogen) atoms. The summed E-state index contributed by atoms with van der Waals surface area (Å²) < 4.78 is 1.01. The van der Waals surface area contributed by atoms with Gasteiger partial charge in [-0.05, 0) is 38.5 Å². The molecule has 0 saturated carbocycles. The Morgan fingerprint density at radius 2 is 2.08 bits per heavy atom. The Labute approximate surface area is 152 Å². The van der Waals surface area contributed by atoms with Crippen LogP contribution in [0, 0.1) is 13.8 Å². The Balaban J connectivity index is 1.77. The van der Waals surface area contributed by atoms with Gasteiger partial charge < -0.3 is 4.98 Å². The molecule has 1 amide bonds. The molecule has 1 aromatic carbocycles. The Morgan fingerprint density at radius 3 is 2.81 bits per heavy atom. The van der Waals surface area contributed by atoms with E-state index in [1.165, 1.54) is 12.4 Å². The summed E-state index contributed by atoms with van der Waals surface area (Å²) in [6.07, 6.45) is 1.47. The number of halogens is 1. The molecule has 0 aliphatic heterocycles. The van der Waals surface area contributed by atoms with E-state index in [1.807, 2.05) is 0 Å². The molecule has 0 bridgehead atoms. The summed E-state index contributed by atoms with van der Waals surface area (Å²) in [4.78, 5) is 47.5. The van der Waals surface area contributed by atoms with Gasteiger partial charge in [0.1, 0.15) is 12.2 Å². The van der Waals surface area contributed by atoms with Gasteiger partial charge in [0, 0.05) is 22.7 Å². The number of carbonyl (C=O) groups is 1. The third kappa shape index (κ3) is 3.65. The van der Waals surface area contributed by atoms with E-state index in [0.29, 0.717) is 33.0 Å². The molecular weight excluding hydrogens is 358 g/mol. The number of aromatic nitrogens is 4. The molecule has 0 aliphatic rings. The highest BCUT2D eigenvalue weighted by Gasteiger charge is 2.11. The number of nitrogens with zero attached hydrogens (tertiary/aromatic N) is 3. The third-order valence-electron chi connectivity index (χ3n) is 3.91. The molecule has 134 valence electrons. The Morgan fingerprint density at radius 1 is 1.31 bits per heavy atom. The van der Waals surface area contributed by atoms with Crippen molar-refractivity contribution in [1.82, 2.24) is 19.6 Å². The van der Waals surface area contributed by atoms with Crippen LogP contribution in [0.15, 0.2) is 34.1 Å². The van der Waals surface area contributed by atoms with Gasteiger partial charge in [0.25, 0.3) is 11.1 Å². The van der Waals surface area contributed by atoms with Gasteiger partial charge in [0.15, 0.2) is 0 Å². The summed E-state index contributed by atoms with van der Waals surface area (Å²) in [7, 11) is 0. The highest BCUT2D eigenvalue weighted by Crippen LogP contribution is 2.13. The number of carbonyl (C=O) groups excluding carboxylic acids is 1. The van der Waals surface area contributed by atoms with Crippen LogP contribution in [0.3, 0.4) is 0 Å². The van der Waals surface area contributed by atoms with Crippen molar-refractivity contribution in [2.45, 2.75) is 26.7 Å². The van der Waals surface area contributed by atoms with Crippen LogP contribution in [-0.4, -0.2) is 25.5 Å². The van der Waals surface area contributed by atoms with Crippen molar-refractivity contribution in [2.24, 2.45) is 0 Å². The average molecular weight is 374 g/mol. The van der Waals surface area contributed by atoms with Gasteiger partial charge in [-0.25, -0.2) is 14.6 Å². The summed E-state index contributed by atoms with van der Waals surface area (Å²) in [5, 5.41) is 0.706. The first-order valence-corrected chi connectivity index (χ1v) is 8.26. The van der Waals surface area contributed by atoms with Crippen LogP contribution >= 0.6 is 11.6 Å². The zero-order chi connectivity index (χ0) is 18.8. The topological polar surface area (TPSA) is 110 Å². The minimum Gasteiger partial charge on any atom is -0.311 e. The highest BCUT2D eigenvalue weighted by atomic mass is 35.5. The van der Waals surface area contributed by atoms with E-state index in [4.69, 9.17) is 11.6 Å². The minimum absolute atomic E-state index is 0.0225. The molecule has 3 rings (SSSR count). The molecule has 8 nitrogen and oxygen atoms in total. The molecule has 0 spiro atoms. The Bertz CT molecular complexity index is 1120. The normalized spacial score (nSPS) is 10.9. The Hall–Kier alpha value is -3.00. The summed E-state index contributed by atoms with van der Waals surface area (Å²) in [5.41, 5.74) is 3.29. The molecule has 2 N–H and O–H groups in total. The summed E-state index contributed by atoms with van der Waals surface area (Å²) >= 11 is 5.91. The molecule has 0 radical (unpaired) electrons. The summed E-state index contributed by atoms with van der Waals surface area (Å²) in [5.74, 6) is 0.0998.